The summed E-state index contributed by atoms with van der Waals surface area (Å²) in [5.74, 6) is 0.460. The first kappa shape index (κ1) is 19.4. The summed E-state index contributed by atoms with van der Waals surface area (Å²) >= 11 is 0. The molecule has 0 heterocycles. The van der Waals surface area contributed by atoms with Gasteiger partial charge in [-0.2, -0.15) is 0 Å². The highest BCUT2D eigenvalue weighted by molar-refractivity contribution is 5.78. The largest absolute Gasteiger partial charge is 0.480 e. The van der Waals surface area contributed by atoms with E-state index in [1.807, 2.05) is 0 Å². The molecule has 20 heavy (non-hydrogen) atoms. The molecule has 0 aromatic rings. The van der Waals surface area contributed by atoms with Crippen LogP contribution in [0.3, 0.4) is 0 Å². The van der Waals surface area contributed by atoms with Crippen molar-refractivity contribution < 1.29 is 9.90 Å². The minimum atomic E-state index is -0.817. The van der Waals surface area contributed by atoms with Crippen molar-refractivity contribution >= 4 is 5.97 Å². The molecule has 0 rings (SSSR count). The Hall–Kier alpha value is -0.610. The lowest BCUT2D eigenvalue weighted by Crippen LogP contribution is -2.52. The first-order valence-corrected chi connectivity index (χ1v) is 7.92. The van der Waals surface area contributed by atoms with E-state index in [4.69, 9.17) is 0 Å². The van der Waals surface area contributed by atoms with Crippen molar-refractivity contribution in [3.05, 3.63) is 0 Å². The number of hydrogen-bond donors (Lipinski definition) is 2. The maximum Gasteiger partial charge on any atom is 0.323 e. The molecule has 4 heteroatoms. The molecule has 0 radical (unpaired) electrons. The molecular formula is C16H34N2O2. The molecule has 0 aliphatic heterocycles. The zero-order valence-corrected chi connectivity index (χ0v) is 14.2. The van der Waals surface area contributed by atoms with Crippen molar-refractivity contribution in [1.82, 2.24) is 10.2 Å². The summed E-state index contributed by atoms with van der Waals surface area (Å²) in [5.41, 5.74) is -0.817. The van der Waals surface area contributed by atoms with E-state index in [0.717, 1.165) is 32.6 Å². The molecule has 0 aliphatic carbocycles. The average molecular weight is 286 g/mol. The van der Waals surface area contributed by atoms with Crippen LogP contribution in [-0.2, 0) is 4.79 Å². The highest BCUT2D eigenvalue weighted by atomic mass is 16.4. The van der Waals surface area contributed by atoms with Crippen LogP contribution < -0.4 is 5.32 Å². The van der Waals surface area contributed by atoms with Crippen LogP contribution in [0.25, 0.3) is 0 Å². The Morgan fingerprint density at radius 1 is 1.20 bits per heavy atom. The van der Waals surface area contributed by atoms with Gasteiger partial charge < -0.3 is 15.3 Å². The second-order valence-electron chi connectivity index (χ2n) is 6.86. The Bertz CT molecular complexity index is 270. The summed E-state index contributed by atoms with van der Waals surface area (Å²) in [6.45, 7) is 16.3. The normalized spacial score (nSPS) is 15.1. The molecule has 120 valence electrons. The number of carboxylic acid groups (broad SMARTS) is 1. The molecule has 0 spiro atoms. The summed E-state index contributed by atoms with van der Waals surface area (Å²) in [7, 11) is 0. The molecule has 2 N–H and O–H groups in total. The SMILES string of the molecule is CCCNC(C)(CCN(CC(C)C)CC(C)C)C(=O)O. The molecule has 0 amide bonds. The Labute approximate surface area is 124 Å². The number of carbonyl (C=O) groups is 1. The number of aliphatic carboxylic acids is 1. The third-order valence-corrected chi connectivity index (χ3v) is 3.41. The number of carboxylic acids is 1. The predicted octanol–water partition coefficient (Wildman–Crippen LogP) is 2.83. The van der Waals surface area contributed by atoms with Gasteiger partial charge in [0, 0.05) is 19.6 Å². The molecular weight excluding hydrogens is 252 g/mol. The fourth-order valence-corrected chi connectivity index (χ4v) is 2.34. The summed E-state index contributed by atoms with van der Waals surface area (Å²) in [4.78, 5) is 13.9. The van der Waals surface area contributed by atoms with Crippen LogP contribution in [0, 0.1) is 11.8 Å². The number of rotatable bonds is 11. The zero-order chi connectivity index (χ0) is 15.8. The van der Waals surface area contributed by atoms with Crippen LogP contribution in [0.2, 0.25) is 0 Å². The van der Waals surface area contributed by atoms with Crippen molar-refractivity contribution in [2.24, 2.45) is 11.8 Å². The van der Waals surface area contributed by atoms with Gasteiger partial charge in [0.2, 0.25) is 0 Å². The van der Waals surface area contributed by atoms with Crippen LogP contribution in [0.15, 0.2) is 0 Å². The smallest absolute Gasteiger partial charge is 0.323 e. The van der Waals surface area contributed by atoms with E-state index in [9.17, 15) is 9.90 Å². The van der Waals surface area contributed by atoms with Crippen LogP contribution >= 0.6 is 0 Å². The Balaban J connectivity index is 4.56. The lowest BCUT2D eigenvalue weighted by Gasteiger charge is -2.31. The first-order chi connectivity index (χ1) is 9.21. The maximum atomic E-state index is 11.5. The highest BCUT2D eigenvalue weighted by Gasteiger charge is 2.32. The molecule has 1 unspecified atom stereocenters. The highest BCUT2D eigenvalue weighted by Crippen LogP contribution is 2.13. The second-order valence-corrected chi connectivity index (χ2v) is 6.86. The molecule has 1 atom stereocenters. The van der Waals surface area contributed by atoms with Gasteiger partial charge in [-0.05, 0) is 38.1 Å². The van der Waals surface area contributed by atoms with Gasteiger partial charge in [-0.1, -0.05) is 34.6 Å². The van der Waals surface area contributed by atoms with Gasteiger partial charge in [-0.3, -0.25) is 4.79 Å². The average Bonchev–Trinajstić information content (AvgIpc) is 2.32. The molecule has 0 aliphatic rings. The van der Waals surface area contributed by atoms with Gasteiger partial charge in [-0.25, -0.2) is 0 Å². The van der Waals surface area contributed by atoms with Gasteiger partial charge in [-0.15, -0.1) is 0 Å². The van der Waals surface area contributed by atoms with E-state index in [-0.39, 0.29) is 0 Å². The van der Waals surface area contributed by atoms with Gasteiger partial charge in [0.25, 0.3) is 0 Å². The van der Waals surface area contributed by atoms with E-state index in [0.29, 0.717) is 18.3 Å². The minimum Gasteiger partial charge on any atom is -0.480 e. The molecule has 0 aromatic heterocycles. The summed E-state index contributed by atoms with van der Waals surface area (Å²) in [5, 5.41) is 12.6. The van der Waals surface area contributed by atoms with E-state index < -0.39 is 11.5 Å². The molecule has 0 bridgehead atoms. The lowest BCUT2D eigenvalue weighted by molar-refractivity contribution is -0.144. The zero-order valence-electron chi connectivity index (χ0n) is 14.2. The molecule has 0 saturated carbocycles. The fourth-order valence-electron chi connectivity index (χ4n) is 2.34. The van der Waals surface area contributed by atoms with Crippen LogP contribution in [-0.4, -0.2) is 47.7 Å². The molecule has 0 saturated heterocycles. The molecule has 0 fully saturated rings. The van der Waals surface area contributed by atoms with E-state index in [2.05, 4.69) is 44.8 Å². The number of hydrogen-bond acceptors (Lipinski definition) is 3. The van der Waals surface area contributed by atoms with Gasteiger partial charge in [0.05, 0.1) is 0 Å². The van der Waals surface area contributed by atoms with Crippen LogP contribution in [0.5, 0.6) is 0 Å². The van der Waals surface area contributed by atoms with Gasteiger partial charge in [0.15, 0.2) is 0 Å². The quantitative estimate of drug-likeness (QED) is 0.613. The van der Waals surface area contributed by atoms with Crippen molar-refractivity contribution in [3.8, 4) is 0 Å². The summed E-state index contributed by atoms with van der Waals surface area (Å²) in [6.07, 6.45) is 1.59. The predicted molar refractivity (Wildman–Crippen MR) is 85.1 cm³/mol. The molecule has 0 aromatic carbocycles. The minimum absolute atomic E-state index is 0.605. The Kier molecular flexibility index (Phi) is 9.06. The first-order valence-electron chi connectivity index (χ1n) is 7.92. The molecule has 4 nitrogen and oxygen atoms in total. The van der Waals surface area contributed by atoms with Crippen molar-refractivity contribution in [1.29, 1.82) is 0 Å². The van der Waals surface area contributed by atoms with Crippen molar-refractivity contribution in [2.75, 3.05) is 26.2 Å². The fraction of sp³-hybridized carbons (Fsp3) is 0.938. The monoisotopic (exact) mass is 286 g/mol. The Morgan fingerprint density at radius 2 is 1.70 bits per heavy atom. The van der Waals surface area contributed by atoms with Gasteiger partial charge >= 0.3 is 5.97 Å². The van der Waals surface area contributed by atoms with Crippen molar-refractivity contribution in [3.63, 3.8) is 0 Å². The second kappa shape index (κ2) is 9.35. The van der Waals surface area contributed by atoms with Gasteiger partial charge in [0.1, 0.15) is 5.54 Å². The van der Waals surface area contributed by atoms with E-state index in [1.54, 1.807) is 6.92 Å². The standard InChI is InChI=1S/C16H34N2O2/c1-7-9-17-16(6,15(19)20)8-10-18(11-13(2)3)12-14(4)5/h13-14,17H,7-12H2,1-6H3,(H,19,20). The number of nitrogens with zero attached hydrogens (tertiary/aromatic N) is 1. The Morgan fingerprint density at radius 3 is 2.05 bits per heavy atom. The van der Waals surface area contributed by atoms with Crippen LogP contribution in [0.4, 0.5) is 0 Å². The van der Waals surface area contributed by atoms with Crippen LogP contribution in [0.1, 0.15) is 54.4 Å². The third-order valence-electron chi connectivity index (χ3n) is 3.41. The topological polar surface area (TPSA) is 52.6 Å². The van der Waals surface area contributed by atoms with Crippen molar-refractivity contribution in [2.45, 2.75) is 59.9 Å². The summed E-state index contributed by atoms with van der Waals surface area (Å²) in [6, 6.07) is 0. The number of nitrogens with one attached hydrogen (secondary N) is 1. The third kappa shape index (κ3) is 7.85. The van der Waals surface area contributed by atoms with E-state index in [1.165, 1.54) is 0 Å². The lowest BCUT2D eigenvalue weighted by atomic mass is 9.96. The summed E-state index contributed by atoms with van der Waals surface area (Å²) < 4.78 is 0. The van der Waals surface area contributed by atoms with E-state index >= 15 is 0 Å². The maximum absolute atomic E-state index is 11.5.